The van der Waals surface area contributed by atoms with Gasteiger partial charge in [-0.1, -0.05) is 31.4 Å². The van der Waals surface area contributed by atoms with Crippen LogP contribution in [0.3, 0.4) is 0 Å². The monoisotopic (exact) mass is 567 g/mol. The molecule has 0 bridgehead atoms. The van der Waals surface area contributed by atoms with Crippen molar-refractivity contribution in [2.75, 3.05) is 13.2 Å². The number of hydrogen-bond acceptors (Lipinski definition) is 4. The summed E-state index contributed by atoms with van der Waals surface area (Å²) in [7, 11) is 0. The number of amides is 1. The van der Waals surface area contributed by atoms with Crippen LogP contribution >= 0.6 is 0 Å². The highest BCUT2D eigenvalue weighted by Gasteiger charge is 2.28. The van der Waals surface area contributed by atoms with Gasteiger partial charge in [0.25, 0.3) is 5.91 Å². The first-order valence-corrected chi connectivity index (χ1v) is 15.8. The van der Waals surface area contributed by atoms with E-state index in [2.05, 4.69) is 14.6 Å². The smallest absolute Gasteiger partial charge is 0.253 e. The summed E-state index contributed by atoms with van der Waals surface area (Å²) in [4.78, 5) is 14.0. The predicted molar refractivity (Wildman–Crippen MR) is 159 cm³/mol. The van der Waals surface area contributed by atoms with E-state index in [1.807, 2.05) is 45.9 Å². The van der Waals surface area contributed by atoms with Gasteiger partial charge in [-0.25, -0.2) is 4.39 Å². The minimum absolute atomic E-state index is 0.0735. The maximum Gasteiger partial charge on any atom is 0.253 e. The molecule has 6 nitrogen and oxygen atoms in total. The van der Waals surface area contributed by atoms with Gasteiger partial charge in [0, 0.05) is 42.8 Å². The number of halogens is 1. The van der Waals surface area contributed by atoms with Crippen LogP contribution in [0.2, 0.25) is 0 Å². The average Bonchev–Trinajstić information content (AvgIpc) is 3.24. The second-order valence-electron chi connectivity index (χ2n) is 12.4. The Labute approximate surface area is 240 Å². The molecule has 1 aliphatic heterocycles. The zero-order valence-electron chi connectivity index (χ0n) is 24.1. The van der Waals surface area contributed by atoms with E-state index in [1.165, 1.54) is 38.2 Å². The van der Waals surface area contributed by atoms with Crippen LogP contribution in [0, 0.1) is 18.7 Å². The van der Waals surface area contributed by atoms with Crippen molar-refractivity contribution in [1.29, 1.82) is 0 Å². The molecule has 1 aliphatic carbocycles. The normalized spacial score (nSPS) is 18.2. The summed E-state index contributed by atoms with van der Waals surface area (Å²) < 4.78 is 39.6. The van der Waals surface area contributed by atoms with Crippen LogP contribution in [-0.2, 0) is 22.6 Å². The van der Waals surface area contributed by atoms with Crippen LogP contribution in [0.4, 0.5) is 4.39 Å². The quantitative estimate of drug-likeness (QED) is 0.313. The number of fused-ring (bicyclic) bond motifs is 1. The molecule has 1 aromatic heterocycles. The first kappa shape index (κ1) is 29.1. The maximum atomic E-state index is 15.4. The fourth-order valence-electron chi connectivity index (χ4n) is 6.11. The topological polar surface area (TPSA) is 78.3 Å². The highest BCUT2D eigenvalue weighted by molar-refractivity contribution is 7.89. The van der Waals surface area contributed by atoms with E-state index < -0.39 is 22.7 Å². The Balaban J connectivity index is 1.60. The molecule has 40 heavy (non-hydrogen) atoms. The number of nitrogens with one attached hydrogen (secondary N) is 2. The van der Waals surface area contributed by atoms with Crippen molar-refractivity contribution in [3.05, 3.63) is 53.5 Å². The van der Waals surface area contributed by atoms with Gasteiger partial charge in [0.1, 0.15) is 5.82 Å². The Morgan fingerprint density at radius 2 is 1.82 bits per heavy atom. The SMILES string of the molecule is Cc1c(C(=O)NC2CCOCC2)cc(-c2ccc([S+]([O-])NC(C)(C)C)c3c(F)cccc23)n1CC1CCCCC1. The molecule has 1 amide bonds. The van der Waals surface area contributed by atoms with Crippen LogP contribution in [0.1, 0.15) is 81.8 Å². The summed E-state index contributed by atoms with van der Waals surface area (Å²) in [6.45, 7) is 9.97. The summed E-state index contributed by atoms with van der Waals surface area (Å²) in [5.74, 6) is 0.0596. The average molecular weight is 568 g/mol. The number of rotatable bonds is 7. The number of nitrogens with zero attached hydrogens (tertiary/aromatic N) is 1. The first-order chi connectivity index (χ1) is 19.1. The highest BCUT2D eigenvalue weighted by Crippen LogP contribution is 2.38. The summed E-state index contributed by atoms with van der Waals surface area (Å²) in [5.41, 5.74) is 2.92. The largest absolute Gasteiger partial charge is 0.593 e. The van der Waals surface area contributed by atoms with Gasteiger partial charge in [-0.05, 0) is 88.9 Å². The van der Waals surface area contributed by atoms with Gasteiger partial charge in [-0.15, -0.1) is 4.72 Å². The molecule has 3 aromatic rings. The molecular weight excluding hydrogens is 525 g/mol. The molecule has 2 fully saturated rings. The Bertz CT molecular complexity index is 1350. The fourth-order valence-corrected chi connectivity index (χ4v) is 7.36. The van der Waals surface area contributed by atoms with Crippen molar-refractivity contribution in [1.82, 2.24) is 14.6 Å². The molecule has 1 saturated heterocycles. The van der Waals surface area contributed by atoms with Gasteiger partial charge in [0.15, 0.2) is 4.90 Å². The molecule has 2 aliphatic rings. The van der Waals surface area contributed by atoms with E-state index in [0.717, 1.165) is 36.3 Å². The lowest BCUT2D eigenvalue weighted by Gasteiger charge is -2.25. The van der Waals surface area contributed by atoms with Crippen molar-refractivity contribution in [2.45, 2.75) is 95.7 Å². The van der Waals surface area contributed by atoms with Crippen molar-refractivity contribution >= 4 is 28.0 Å². The van der Waals surface area contributed by atoms with Gasteiger partial charge in [0.05, 0.1) is 27.9 Å². The minimum Gasteiger partial charge on any atom is -0.593 e. The third kappa shape index (κ3) is 6.40. The number of hydrogen-bond donors (Lipinski definition) is 2. The Morgan fingerprint density at radius 1 is 1.10 bits per heavy atom. The van der Waals surface area contributed by atoms with Crippen LogP contribution in [-0.4, -0.2) is 39.8 Å². The minimum atomic E-state index is -1.60. The van der Waals surface area contributed by atoms with Crippen molar-refractivity contribution in [3.63, 3.8) is 0 Å². The number of ether oxygens (including phenoxy) is 1. The number of carbonyl (C=O) groups is 1. The molecule has 1 unspecified atom stereocenters. The molecule has 0 radical (unpaired) electrons. The predicted octanol–water partition coefficient (Wildman–Crippen LogP) is 6.66. The molecular formula is C32H42FN3O3S. The summed E-state index contributed by atoms with van der Waals surface area (Å²) >= 11 is -1.60. The van der Waals surface area contributed by atoms with Gasteiger partial charge < -0.3 is 19.2 Å². The van der Waals surface area contributed by atoms with Crippen LogP contribution in [0.5, 0.6) is 0 Å². The van der Waals surface area contributed by atoms with Crippen molar-refractivity contribution in [2.24, 2.45) is 5.92 Å². The van der Waals surface area contributed by atoms with Crippen molar-refractivity contribution in [3.8, 4) is 11.3 Å². The second kappa shape index (κ2) is 12.2. The van der Waals surface area contributed by atoms with Crippen LogP contribution < -0.4 is 10.0 Å². The molecule has 1 atom stereocenters. The summed E-state index contributed by atoms with van der Waals surface area (Å²) in [6.07, 6.45) is 7.70. The molecule has 2 aromatic carbocycles. The summed E-state index contributed by atoms with van der Waals surface area (Å²) in [6, 6.07) is 10.8. The number of carbonyl (C=O) groups excluding carboxylic acids is 1. The van der Waals surface area contributed by atoms with E-state index in [4.69, 9.17) is 4.74 Å². The van der Waals surface area contributed by atoms with Crippen LogP contribution in [0.15, 0.2) is 41.3 Å². The zero-order valence-corrected chi connectivity index (χ0v) is 25.0. The standard InChI is InChI=1S/C32H42FN3O3S/c1-21-26(31(37)34-23-15-17-39-18-16-23)19-28(36(21)20-22-9-6-5-7-10-22)24-13-14-29(40(38)35-32(2,3)4)30-25(24)11-8-12-27(30)33/h8,11-14,19,22-23,35H,5-7,9-10,15-18,20H2,1-4H3,(H,34,37). The number of aromatic nitrogens is 1. The van der Waals surface area contributed by atoms with Crippen LogP contribution in [0.25, 0.3) is 22.0 Å². The first-order valence-electron chi connectivity index (χ1n) is 14.6. The molecule has 0 spiro atoms. The molecule has 1 saturated carbocycles. The van der Waals surface area contributed by atoms with E-state index in [-0.39, 0.29) is 11.9 Å². The van der Waals surface area contributed by atoms with Crippen molar-refractivity contribution < 1.29 is 18.5 Å². The van der Waals surface area contributed by atoms with Gasteiger partial charge in [-0.3, -0.25) is 4.79 Å². The van der Waals surface area contributed by atoms with Gasteiger partial charge in [-0.2, -0.15) is 0 Å². The molecule has 2 N–H and O–H groups in total. The fraction of sp³-hybridized carbons (Fsp3) is 0.531. The van der Waals surface area contributed by atoms with E-state index in [9.17, 15) is 9.35 Å². The lowest BCUT2D eigenvalue weighted by atomic mass is 9.89. The van der Waals surface area contributed by atoms with E-state index in [0.29, 0.717) is 40.4 Å². The Hall–Kier alpha value is -2.39. The third-order valence-corrected chi connectivity index (χ3v) is 9.70. The molecule has 5 rings (SSSR count). The highest BCUT2D eigenvalue weighted by atomic mass is 32.2. The van der Waals surface area contributed by atoms with E-state index in [1.54, 1.807) is 12.1 Å². The molecule has 8 heteroatoms. The van der Waals surface area contributed by atoms with E-state index >= 15 is 4.39 Å². The maximum absolute atomic E-state index is 15.4. The van der Waals surface area contributed by atoms with Gasteiger partial charge in [0.2, 0.25) is 0 Å². The van der Waals surface area contributed by atoms with Gasteiger partial charge >= 0.3 is 0 Å². The molecule has 2 heterocycles. The second-order valence-corrected chi connectivity index (χ2v) is 13.6. The summed E-state index contributed by atoms with van der Waals surface area (Å²) in [5, 5.41) is 4.27. The lowest BCUT2D eigenvalue weighted by molar-refractivity contribution is 0.0696. The zero-order chi connectivity index (χ0) is 28.4. The Morgan fingerprint density at radius 3 is 2.52 bits per heavy atom. The number of benzene rings is 2. The Kier molecular flexibility index (Phi) is 8.90. The lowest BCUT2D eigenvalue weighted by Crippen LogP contribution is -2.40. The molecule has 216 valence electrons. The third-order valence-electron chi connectivity index (χ3n) is 8.16.